The largest absolute Gasteiger partial charge is 0.341 e. The van der Waals surface area contributed by atoms with Crippen molar-refractivity contribution in [2.75, 3.05) is 23.3 Å². The van der Waals surface area contributed by atoms with Crippen molar-refractivity contribution in [2.24, 2.45) is 0 Å². The number of rotatable bonds is 3. The van der Waals surface area contributed by atoms with Crippen molar-refractivity contribution in [1.29, 1.82) is 5.26 Å². The summed E-state index contributed by atoms with van der Waals surface area (Å²) in [4.78, 5) is 23.3. The van der Waals surface area contributed by atoms with Crippen LogP contribution in [0.3, 0.4) is 0 Å². The second-order valence-electron chi connectivity index (χ2n) is 5.79. The fourth-order valence-corrected chi connectivity index (χ4v) is 2.72. The second kappa shape index (κ2) is 7.55. The average molecular weight is 321 g/mol. The predicted molar refractivity (Wildman–Crippen MR) is 91.8 cm³/mol. The highest BCUT2D eigenvalue weighted by molar-refractivity contribution is 6.02. The third kappa shape index (κ3) is 3.87. The van der Waals surface area contributed by atoms with E-state index >= 15 is 0 Å². The lowest BCUT2D eigenvalue weighted by atomic mass is 10.2. The van der Waals surface area contributed by atoms with Crippen LogP contribution in [0.5, 0.6) is 0 Å². The minimum absolute atomic E-state index is 0.279. The van der Waals surface area contributed by atoms with E-state index in [2.05, 4.69) is 20.2 Å². The standard InChI is InChI=1S/C18H19N5O/c19-13-14-5-7-15(8-6-14)21-17(24)16-9-10-20-18(22-16)23-11-3-1-2-4-12-23/h5-10H,1-4,11-12H2,(H,21,24). The van der Waals surface area contributed by atoms with Crippen LogP contribution in [0.15, 0.2) is 36.5 Å². The maximum Gasteiger partial charge on any atom is 0.274 e. The Morgan fingerprint density at radius 1 is 1.08 bits per heavy atom. The first kappa shape index (κ1) is 15.9. The number of amides is 1. The maximum atomic E-state index is 12.4. The summed E-state index contributed by atoms with van der Waals surface area (Å²) < 4.78 is 0. The lowest BCUT2D eigenvalue weighted by molar-refractivity contribution is 0.102. The van der Waals surface area contributed by atoms with Gasteiger partial charge in [0.15, 0.2) is 0 Å². The van der Waals surface area contributed by atoms with Gasteiger partial charge in [0.2, 0.25) is 5.95 Å². The highest BCUT2D eigenvalue weighted by Crippen LogP contribution is 2.16. The predicted octanol–water partition coefficient (Wildman–Crippen LogP) is 2.98. The van der Waals surface area contributed by atoms with Gasteiger partial charge in [0, 0.05) is 25.0 Å². The SMILES string of the molecule is N#Cc1ccc(NC(=O)c2ccnc(N3CCCCCC3)n2)cc1. The summed E-state index contributed by atoms with van der Waals surface area (Å²) in [7, 11) is 0. The lowest BCUT2D eigenvalue weighted by Gasteiger charge is -2.20. The Hall–Kier alpha value is -2.94. The molecule has 24 heavy (non-hydrogen) atoms. The molecule has 1 saturated heterocycles. The lowest BCUT2D eigenvalue weighted by Crippen LogP contribution is -2.27. The molecule has 0 spiro atoms. The van der Waals surface area contributed by atoms with E-state index in [0.29, 0.717) is 22.9 Å². The van der Waals surface area contributed by atoms with Gasteiger partial charge < -0.3 is 10.2 Å². The summed E-state index contributed by atoms with van der Waals surface area (Å²) in [5.41, 5.74) is 1.53. The summed E-state index contributed by atoms with van der Waals surface area (Å²) in [5, 5.41) is 11.6. The van der Waals surface area contributed by atoms with E-state index in [9.17, 15) is 4.79 Å². The molecule has 0 saturated carbocycles. The van der Waals surface area contributed by atoms with Crippen LogP contribution in [0.25, 0.3) is 0 Å². The van der Waals surface area contributed by atoms with Gasteiger partial charge >= 0.3 is 0 Å². The molecule has 0 aliphatic carbocycles. The summed E-state index contributed by atoms with van der Waals surface area (Å²) in [6, 6.07) is 10.4. The van der Waals surface area contributed by atoms with Crippen LogP contribution >= 0.6 is 0 Å². The Morgan fingerprint density at radius 3 is 2.46 bits per heavy atom. The van der Waals surface area contributed by atoms with Crippen LogP contribution in [0.4, 0.5) is 11.6 Å². The maximum absolute atomic E-state index is 12.4. The normalized spacial score (nSPS) is 14.5. The number of nitriles is 1. The molecular weight excluding hydrogens is 302 g/mol. The minimum atomic E-state index is -0.279. The Labute approximate surface area is 141 Å². The number of nitrogens with one attached hydrogen (secondary N) is 1. The first-order chi connectivity index (χ1) is 11.8. The van der Waals surface area contributed by atoms with Gasteiger partial charge in [-0.15, -0.1) is 0 Å². The van der Waals surface area contributed by atoms with Crippen LogP contribution in [-0.4, -0.2) is 29.0 Å². The van der Waals surface area contributed by atoms with E-state index in [1.807, 2.05) is 6.07 Å². The molecule has 3 rings (SSSR count). The van der Waals surface area contributed by atoms with Gasteiger partial charge in [0.05, 0.1) is 11.6 Å². The minimum Gasteiger partial charge on any atom is -0.341 e. The first-order valence-electron chi connectivity index (χ1n) is 8.16. The zero-order valence-electron chi connectivity index (χ0n) is 13.4. The van der Waals surface area contributed by atoms with Crippen molar-refractivity contribution in [2.45, 2.75) is 25.7 Å². The molecule has 1 aliphatic heterocycles. The van der Waals surface area contributed by atoms with E-state index in [0.717, 1.165) is 25.9 Å². The number of anilines is 2. The summed E-state index contributed by atoms with van der Waals surface area (Å²) in [6.07, 6.45) is 6.35. The summed E-state index contributed by atoms with van der Waals surface area (Å²) in [5.74, 6) is 0.336. The van der Waals surface area contributed by atoms with Crippen LogP contribution in [0, 0.1) is 11.3 Å². The fraction of sp³-hybridized carbons (Fsp3) is 0.333. The van der Waals surface area contributed by atoms with E-state index in [1.165, 1.54) is 12.8 Å². The van der Waals surface area contributed by atoms with Gasteiger partial charge in [0.25, 0.3) is 5.91 Å². The van der Waals surface area contributed by atoms with Gasteiger partial charge in [-0.05, 0) is 43.2 Å². The molecule has 6 nitrogen and oxygen atoms in total. The van der Waals surface area contributed by atoms with Gasteiger partial charge in [-0.25, -0.2) is 9.97 Å². The number of hydrogen-bond donors (Lipinski definition) is 1. The van der Waals surface area contributed by atoms with E-state index in [1.54, 1.807) is 36.5 Å². The molecule has 2 heterocycles. The molecule has 0 radical (unpaired) electrons. The van der Waals surface area contributed by atoms with Crippen LogP contribution in [0.1, 0.15) is 41.7 Å². The molecule has 0 atom stereocenters. The monoisotopic (exact) mass is 321 g/mol. The topological polar surface area (TPSA) is 81.9 Å². The Kier molecular flexibility index (Phi) is 5.02. The number of carbonyl (C=O) groups is 1. The molecule has 1 aliphatic rings. The number of aromatic nitrogens is 2. The van der Waals surface area contributed by atoms with Crippen molar-refractivity contribution >= 4 is 17.5 Å². The van der Waals surface area contributed by atoms with Crippen LogP contribution in [0.2, 0.25) is 0 Å². The number of carbonyl (C=O) groups excluding carboxylic acids is 1. The van der Waals surface area contributed by atoms with E-state index < -0.39 is 0 Å². The molecule has 0 unspecified atom stereocenters. The zero-order chi connectivity index (χ0) is 16.8. The molecule has 1 fully saturated rings. The first-order valence-corrected chi connectivity index (χ1v) is 8.16. The molecule has 122 valence electrons. The van der Waals surface area contributed by atoms with Gasteiger partial charge in [-0.3, -0.25) is 4.79 Å². The van der Waals surface area contributed by atoms with Crippen molar-refractivity contribution < 1.29 is 4.79 Å². The van der Waals surface area contributed by atoms with Crippen molar-refractivity contribution in [3.8, 4) is 6.07 Å². The molecular formula is C18H19N5O. The van der Waals surface area contributed by atoms with Gasteiger partial charge in [-0.2, -0.15) is 5.26 Å². The Balaban J connectivity index is 1.72. The molecule has 1 N–H and O–H groups in total. The van der Waals surface area contributed by atoms with Crippen molar-refractivity contribution in [3.63, 3.8) is 0 Å². The molecule has 1 aromatic carbocycles. The number of hydrogen-bond acceptors (Lipinski definition) is 5. The van der Waals surface area contributed by atoms with Crippen LogP contribution in [-0.2, 0) is 0 Å². The number of benzene rings is 1. The Morgan fingerprint density at radius 2 is 1.79 bits per heavy atom. The summed E-state index contributed by atoms with van der Waals surface area (Å²) in [6.45, 7) is 1.86. The smallest absolute Gasteiger partial charge is 0.274 e. The zero-order valence-corrected chi connectivity index (χ0v) is 13.4. The van der Waals surface area contributed by atoms with E-state index in [4.69, 9.17) is 5.26 Å². The van der Waals surface area contributed by atoms with Crippen LogP contribution < -0.4 is 10.2 Å². The fourth-order valence-electron chi connectivity index (χ4n) is 2.72. The van der Waals surface area contributed by atoms with E-state index in [-0.39, 0.29) is 5.91 Å². The average Bonchev–Trinajstić information content (AvgIpc) is 2.92. The molecule has 2 aromatic rings. The molecule has 1 amide bonds. The molecule has 1 aromatic heterocycles. The number of nitrogens with zero attached hydrogens (tertiary/aromatic N) is 4. The third-order valence-corrected chi connectivity index (χ3v) is 4.04. The quantitative estimate of drug-likeness (QED) is 0.940. The van der Waals surface area contributed by atoms with Gasteiger partial charge in [0.1, 0.15) is 5.69 Å². The van der Waals surface area contributed by atoms with Crippen molar-refractivity contribution in [3.05, 3.63) is 47.8 Å². The second-order valence-corrected chi connectivity index (χ2v) is 5.79. The molecule has 0 bridgehead atoms. The molecule has 6 heteroatoms. The van der Waals surface area contributed by atoms with Gasteiger partial charge in [-0.1, -0.05) is 12.8 Å². The highest BCUT2D eigenvalue weighted by Gasteiger charge is 2.15. The highest BCUT2D eigenvalue weighted by atomic mass is 16.1. The third-order valence-electron chi connectivity index (χ3n) is 4.04. The van der Waals surface area contributed by atoms with Crippen molar-refractivity contribution in [1.82, 2.24) is 9.97 Å². The summed E-state index contributed by atoms with van der Waals surface area (Å²) >= 11 is 0. The Bertz CT molecular complexity index is 743.